The molecule has 0 spiro atoms. The molecule has 3 aliphatic carbocycles. The molecule has 0 aromatic heterocycles. The van der Waals surface area contributed by atoms with Crippen molar-refractivity contribution >= 4 is 10.4 Å². The Morgan fingerprint density at radius 2 is 1.82 bits per heavy atom. The molecule has 6 atom stereocenters. The van der Waals surface area contributed by atoms with E-state index in [9.17, 15) is 13.0 Å². The summed E-state index contributed by atoms with van der Waals surface area (Å²) < 4.78 is 37.8. The summed E-state index contributed by atoms with van der Waals surface area (Å²) in [5.74, 6) is 3.19. The highest BCUT2D eigenvalue weighted by Gasteiger charge is 2.50. The zero-order chi connectivity index (χ0) is 24.4. The molecule has 0 aromatic carbocycles. The van der Waals surface area contributed by atoms with Gasteiger partial charge in [-0.3, -0.25) is 4.18 Å². The molecule has 0 N–H and O–H groups in total. The number of fused-ring (bicyclic) bond motifs is 1. The minimum Gasteiger partial charge on any atom is -0.726 e. The predicted molar refractivity (Wildman–Crippen MR) is 134 cm³/mol. The lowest BCUT2D eigenvalue weighted by atomic mass is 9.61. The maximum absolute atomic E-state index is 11.0. The fraction of sp³-hybridized carbons (Fsp3) is 0.714. The molecule has 0 bridgehead atoms. The van der Waals surface area contributed by atoms with Gasteiger partial charge in [0.1, 0.15) is 0 Å². The van der Waals surface area contributed by atoms with Crippen LogP contribution in [0.3, 0.4) is 0 Å². The third-order valence-corrected chi connectivity index (χ3v) is 9.37. The Bertz CT molecular complexity index is 910. The average molecular weight is 476 g/mol. The van der Waals surface area contributed by atoms with Gasteiger partial charge in [-0.2, -0.15) is 0 Å². The molecule has 0 aliphatic heterocycles. The summed E-state index contributed by atoms with van der Waals surface area (Å²) in [5, 5.41) is 0. The van der Waals surface area contributed by atoms with Gasteiger partial charge >= 0.3 is 0 Å². The maximum atomic E-state index is 11.0. The van der Waals surface area contributed by atoms with Gasteiger partial charge < -0.3 is 4.55 Å². The largest absolute Gasteiger partial charge is 0.726 e. The van der Waals surface area contributed by atoms with Crippen LogP contribution in [0.4, 0.5) is 0 Å². The first-order chi connectivity index (χ1) is 15.4. The van der Waals surface area contributed by atoms with Crippen LogP contribution >= 0.6 is 0 Å². The van der Waals surface area contributed by atoms with E-state index in [-0.39, 0.29) is 0 Å². The van der Waals surface area contributed by atoms with Gasteiger partial charge in [-0.25, -0.2) is 8.42 Å². The standard InChI is InChI=1S/C28H44O4S/c1-19(2)20(3)9-10-22(5)26-15-16-27-23(8-7-17-28(26,27)6)12-13-24-18-25(14-11-21(24)4)32-33(29,30)31/h9-10,12-13,19-20,22,25-27H,4,7-8,11,14-18H2,1-3,5-6H3,(H,29,30,31)/p-1/b10-9+,23-12+,24-13-/t20-,22+,25-,26+,27-,28+/m0/s1. The summed E-state index contributed by atoms with van der Waals surface area (Å²) in [6.45, 7) is 16.0. The summed E-state index contributed by atoms with van der Waals surface area (Å²) in [5.41, 5.74) is 3.90. The Kier molecular flexibility index (Phi) is 8.51. The molecule has 0 amide bonds. The van der Waals surface area contributed by atoms with Crippen molar-refractivity contribution < 1.29 is 17.2 Å². The zero-order valence-electron chi connectivity index (χ0n) is 21.2. The first-order valence-electron chi connectivity index (χ1n) is 12.8. The van der Waals surface area contributed by atoms with Crippen molar-refractivity contribution in [2.24, 2.45) is 35.0 Å². The fourth-order valence-corrected chi connectivity index (χ4v) is 6.98. The van der Waals surface area contributed by atoms with Crippen LogP contribution in [0.1, 0.15) is 86.0 Å². The molecule has 4 nitrogen and oxygen atoms in total. The SMILES string of the molecule is C=C1CC[C@H](OS(=O)(=O)[O-])C/C1=C/C=C1\CCC[C@]2(C)[C@@H]([C@H](C)/C=C/[C@H](C)C(C)C)CC[C@@H]12. The summed E-state index contributed by atoms with van der Waals surface area (Å²) >= 11 is 0. The molecule has 5 heteroatoms. The summed E-state index contributed by atoms with van der Waals surface area (Å²) in [6, 6.07) is 0. The van der Waals surface area contributed by atoms with E-state index in [1.54, 1.807) is 0 Å². The van der Waals surface area contributed by atoms with E-state index in [1.807, 2.05) is 0 Å². The molecule has 0 radical (unpaired) electrons. The Morgan fingerprint density at radius 3 is 2.48 bits per heavy atom. The van der Waals surface area contributed by atoms with E-state index in [0.29, 0.717) is 54.3 Å². The third kappa shape index (κ3) is 6.49. The average Bonchev–Trinajstić information content (AvgIpc) is 3.08. The van der Waals surface area contributed by atoms with E-state index in [0.717, 1.165) is 17.6 Å². The lowest BCUT2D eigenvalue weighted by Crippen LogP contribution is -2.35. The van der Waals surface area contributed by atoms with Gasteiger partial charge in [0.25, 0.3) is 0 Å². The molecule has 0 aromatic rings. The molecule has 186 valence electrons. The lowest BCUT2D eigenvalue weighted by molar-refractivity contribution is 0.112. The van der Waals surface area contributed by atoms with Crippen molar-refractivity contribution in [1.82, 2.24) is 0 Å². The monoisotopic (exact) mass is 475 g/mol. The zero-order valence-corrected chi connectivity index (χ0v) is 22.0. The molecule has 0 saturated heterocycles. The van der Waals surface area contributed by atoms with Crippen LogP contribution in [0.5, 0.6) is 0 Å². The molecule has 0 heterocycles. The first kappa shape index (κ1) is 26.4. The Morgan fingerprint density at radius 1 is 1.09 bits per heavy atom. The first-order valence-corrected chi connectivity index (χ1v) is 14.1. The van der Waals surface area contributed by atoms with Crippen LogP contribution in [0.15, 0.2) is 47.6 Å². The van der Waals surface area contributed by atoms with Crippen LogP contribution in [0.2, 0.25) is 0 Å². The normalized spacial score (nSPS) is 35.5. The van der Waals surface area contributed by atoms with Crippen molar-refractivity contribution in [2.45, 2.75) is 92.1 Å². The van der Waals surface area contributed by atoms with Gasteiger partial charge in [0.05, 0.1) is 6.10 Å². The highest BCUT2D eigenvalue weighted by Crippen LogP contribution is 2.59. The fourth-order valence-electron chi connectivity index (χ4n) is 6.48. The Labute approximate surface area is 202 Å². The minimum atomic E-state index is -4.68. The second-order valence-electron chi connectivity index (χ2n) is 11.3. The van der Waals surface area contributed by atoms with E-state index >= 15 is 0 Å². The third-order valence-electron chi connectivity index (χ3n) is 8.86. The molecular weight excluding hydrogens is 432 g/mol. The van der Waals surface area contributed by atoms with Gasteiger partial charge in [0.15, 0.2) is 0 Å². The van der Waals surface area contributed by atoms with E-state index in [4.69, 9.17) is 4.18 Å². The maximum Gasteiger partial charge on any atom is 0.217 e. The van der Waals surface area contributed by atoms with Gasteiger partial charge in [-0.05, 0) is 85.5 Å². The number of rotatable bonds is 7. The van der Waals surface area contributed by atoms with Crippen LogP contribution in [0.25, 0.3) is 0 Å². The highest BCUT2D eigenvalue weighted by molar-refractivity contribution is 7.80. The molecule has 3 aliphatic rings. The minimum absolute atomic E-state index is 0.333. The smallest absolute Gasteiger partial charge is 0.217 e. The molecule has 3 saturated carbocycles. The van der Waals surface area contributed by atoms with Crippen molar-refractivity contribution in [2.75, 3.05) is 0 Å². The second-order valence-corrected chi connectivity index (χ2v) is 12.4. The van der Waals surface area contributed by atoms with Gasteiger partial charge in [0.2, 0.25) is 10.4 Å². The summed E-state index contributed by atoms with van der Waals surface area (Å²) in [4.78, 5) is 0. The van der Waals surface area contributed by atoms with E-state index < -0.39 is 16.5 Å². The van der Waals surface area contributed by atoms with Crippen molar-refractivity contribution in [3.63, 3.8) is 0 Å². The molecule has 0 unspecified atom stereocenters. The Hall–Kier alpha value is -1.17. The van der Waals surface area contributed by atoms with Crippen molar-refractivity contribution in [3.8, 4) is 0 Å². The van der Waals surface area contributed by atoms with Crippen molar-refractivity contribution in [3.05, 3.63) is 47.6 Å². The molecular formula is C28H43O4S-. The predicted octanol–water partition coefficient (Wildman–Crippen LogP) is 7.13. The van der Waals surface area contributed by atoms with Gasteiger partial charge in [-0.1, -0.05) is 76.6 Å². The van der Waals surface area contributed by atoms with Crippen LogP contribution in [-0.2, 0) is 14.6 Å². The molecule has 3 fully saturated rings. The highest BCUT2D eigenvalue weighted by atomic mass is 32.3. The van der Waals surface area contributed by atoms with Gasteiger partial charge in [0, 0.05) is 6.42 Å². The number of hydrogen-bond acceptors (Lipinski definition) is 4. The lowest BCUT2D eigenvalue weighted by Gasteiger charge is -2.44. The second kappa shape index (κ2) is 10.6. The summed E-state index contributed by atoms with van der Waals surface area (Å²) in [7, 11) is -4.68. The van der Waals surface area contributed by atoms with Crippen LogP contribution in [-0.4, -0.2) is 19.1 Å². The summed E-state index contributed by atoms with van der Waals surface area (Å²) in [6.07, 6.45) is 16.5. The quantitative estimate of drug-likeness (QED) is 0.223. The number of hydrogen-bond donors (Lipinski definition) is 0. The van der Waals surface area contributed by atoms with Gasteiger partial charge in [-0.15, -0.1) is 0 Å². The van der Waals surface area contributed by atoms with Crippen LogP contribution < -0.4 is 0 Å². The van der Waals surface area contributed by atoms with E-state index in [1.165, 1.54) is 31.3 Å². The number of allylic oxidation sites excluding steroid dienone is 6. The Balaban J connectivity index is 1.75. The molecule has 33 heavy (non-hydrogen) atoms. The molecule has 3 rings (SSSR count). The van der Waals surface area contributed by atoms with Crippen LogP contribution in [0, 0.1) is 35.0 Å². The van der Waals surface area contributed by atoms with Crippen molar-refractivity contribution in [1.29, 1.82) is 0 Å². The van der Waals surface area contributed by atoms with E-state index in [2.05, 4.69) is 65.5 Å². The topological polar surface area (TPSA) is 66.4 Å².